The van der Waals surface area contributed by atoms with Gasteiger partial charge in [-0.05, 0) is 41.5 Å². The van der Waals surface area contributed by atoms with E-state index in [0.717, 1.165) is 0 Å². The van der Waals surface area contributed by atoms with Crippen LogP contribution in [0.4, 0.5) is 0 Å². The number of hydrogen-bond donors (Lipinski definition) is 1. The fourth-order valence-corrected chi connectivity index (χ4v) is 1.54. The van der Waals surface area contributed by atoms with Gasteiger partial charge in [-0.3, -0.25) is 14.4 Å². The van der Waals surface area contributed by atoms with Gasteiger partial charge in [-0.25, -0.2) is 4.79 Å². The van der Waals surface area contributed by atoms with Gasteiger partial charge in [-0.1, -0.05) is 0 Å². The average molecular weight is 396 g/mol. The number of esters is 1. The standard InChI is InChI=1S/C12H22O5.C4H6O3.Ti/c1-7-15-11(14)12(10(6)13,16-8(2)3)17-9(4)5;1-3(5)2-4(6)7;/h8-9H,7H2,1-6H3;2H2,1H3,(H,6,7);. The minimum Gasteiger partial charge on any atom is -0.481 e. The number of rotatable bonds is 9. The molecule has 144 valence electrons. The Kier molecular flexibility index (Phi) is 16.2. The number of carboxylic acid groups (broad SMARTS) is 1. The monoisotopic (exact) mass is 396 g/mol. The summed E-state index contributed by atoms with van der Waals surface area (Å²) < 4.78 is 15.6. The van der Waals surface area contributed by atoms with Crippen LogP contribution in [-0.4, -0.2) is 53.2 Å². The second-order valence-corrected chi connectivity index (χ2v) is 5.50. The van der Waals surface area contributed by atoms with Gasteiger partial charge in [0.15, 0.2) is 0 Å². The van der Waals surface area contributed by atoms with Crippen molar-refractivity contribution in [2.75, 3.05) is 6.61 Å². The Bertz CT molecular complexity index is 423. The zero-order chi connectivity index (χ0) is 19.5. The van der Waals surface area contributed by atoms with Gasteiger partial charge in [0.25, 0.3) is 0 Å². The van der Waals surface area contributed by atoms with Crippen molar-refractivity contribution in [1.29, 1.82) is 0 Å². The molecule has 0 radical (unpaired) electrons. The molecule has 0 saturated heterocycles. The SMILES string of the molecule is CC(=O)CC(=O)O.CCOC(=O)C(OC(C)C)(OC(C)C)C(C)=O.[Ti]. The quantitative estimate of drug-likeness (QED) is 0.271. The molecule has 0 atom stereocenters. The first-order valence-corrected chi connectivity index (χ1v) is 7.64. The van der Waals surface area contributed by atoms with Crippen LogP contribution in [0.5, 0.6) is 0 Å². The van der Waals surface area contributed by atoms with Gasteiger partial charge in [0, 0.05) is 28.6 Å². The van der Waals surface area contributed by atoms with E-state index in [1.807, 2.05) is 0 Å². The number of carbonyl (C=O) groups excluding carboxylic acids is 3. The van der Waals surface area contributed by atoms with Crippen molar-refractivity contribution in [3.63, 3.8) is 0 Å². The maximum Gasteiger partial charge on any atom is 0.375 e. The van der Waals surface area contributed by atoms with Crippen LogP contribution in [0.25, 0.3) is 0 Å². The first kappa shape index (κ1) is 28.7. The number of Topliss-reactive ketones (excluding diaryl/α,β-unsaturated/α-hetero) is 2. The normalized spacial score (nSPS) is 10.4. The molecule has 0 unspecified atom stereocenters. The molecule has 9 heteroatoms. The third-order valence-electron chi connectivity index (χ3n) is 2.21. The van der Waals surface area contributed by atoms with E-state index in [1.165, 1.54) is 13.8 Å². The van der Waals surface area contributed by atoms with Crippen molar-refractivity contribution in [3.05, 3.63) is 0 Å². The molecule has 0 spiro atoms. The second kappa shape index (κ2) is 14.1. The molecule has 0 aromatic heterocycles. The fraction of sp³-hybridized carbons (Fsp3) is 0.750. The number of hydrogen-bond acceptors (Lipinski definition) is 7. The van der Waals surface area contributed by atoms with Gasteiger partial charge in [-0.2, -0.15) is 0 Å². The van der Waals surface area contributed by atoms with Crippen LogP contribution in [0.15, 0.2) is 0 Å². The first-order chi connectivity index (χ1) is 10.9. The van der Waals surface area contributed by atoms with Gasteiger partial charge >= 0.3 is 17.7 Å². The third kappa shape index (κ3) is 12.9. The van der Waals surface area contributed by atoms with Crippen molar-refractivity contribution in [1.82, 2.24) is 0 Å². The minimum atomic E-state index is -1.95. The second-order valence-electron chi connectivity index (χ2n) is 5.50. The molecule has 0 fully saturated rings. The summed E-state index contributed by atoms with van der Waals surface area (Å²) in [5.74, 6) is -4.63. The Balaban J connectivity index is -0.000000513. The molecule has 0 amide bonds. The Morgan fingerprint density at radius 2 is 1.36 bits per heavy atom. The average Bonchev–Trinajstić information content (AvgIpc) is 2.35. The van der Waals surface area contributed by atoms with Crippen molar-refractivity contribution in [2.24, 2.45) is 0 Å². The minimum absolute atomic E-state index is 0. The molecule has 25 heavy (non-hydrogen) atoms. The molecule has 0 saturated carbocycles. The Labute approximate surface area is 163 Å². The van der Waals surface area contributed by atoms with E-state index in [4.69, 9.17) is 19.3 Å². The Morgan fingerprint density at radius 3 is 1.52 bits per heavy atom. The van der Waals surface area contributed by atoms with E-state index < -0.39 is 23.5 Å². The third-order valence-corrected chi connectivity index (χ3v) is 2.21. The van der Waals surface area contributed by atoms with Gasteiger partial charge in [-0.15, -0.1) is 0 Å². The zero-order valence-electron chi connectivity index (χ0n) is 15.9. The van der Waals surface area contributed by atoms with Crippen molar-refractivity contribution in [2.45, 2.75) is 72.9 Å². The van der Waals surface area contributed by atoms with E-state index in [1.54, 1.807) is 34.6 Å². The molecule has 0 bridgehead atoms. The Morgan fingerprint density at radius 1 is 0.960 bits per heavy atom. The molecule has 8 nitrogen and oxygen atoms in total. The summed E-state index contributed by atoms with van der Waals surface area (Å²) in [6.45, 7) is 11.2. The van der Waals surface area contributed by atoms with Crippen LogP contribution >= 0.6 is 0 Å². The first-order valence-electron chi connectivity index (χ1n) is 7.64. The van der Waals surface area contributed by atoms with Crippen molar-refractivity contribution in [3.8, 4) is 0 Å². The summed E-state index contributed by atoms with van der Waals surface area (Å²) in [5.41, 5.74) is 0. The van der Waals surface area contributed by atoms with E-state index in [-0.39, 0.29) is 52.7 Å². The van der Waals surface area contributed by atoms with Crippen LogP contribution in [0, 0.1) is 0 Å². The van der Waals surface area contributed by atoms with Crippen LogP contribution in [-0.2, 0) is 55.1 Å². The fourth-order valence-electron chi connectivity index (χ4n) is 1.54. The van der Waals surface area contributed by atoms with E-state index >= 15 is 0 Å². The molecule has 0 aliphatic heterocycles. The Hall–Kier alpha value is -1.09. The summed E-state index contributed by atoms with van der Waals surface area (Å²) in [6, 6.07) is 0. The van der Waals surface area contributed by atoms with Crippen LogP contribution in [0.2, 0.25) is 0 Å². The molecular weight excluding hydrogens is 368 g/mol. The molecule has 0 aromatic carbocycles. The van der Waals surface area contributed by atoms with E-state index in [0.29, 0.717) is 0 Å². The number of carbonyl (C=O) groups is 4. The number of ketones is 2. The van der Waals surface area contributed by atoms with E-state index in [2.05, 4.69) is 0 Å². The summed E-state index contributed by atoms with van der Waals surface area (Å²) in [5, 5.41) is 7.86. The maximum atomic E-state index is 11.9. The van der Waals surface area contributed by atoms with Gasteiger partial charge in [0.05, 0.1) is 18.8 Å². The van der Waals surface area contributed by atoms with Gasteiger partial charge in [0.1, 0.15) is 12.2 Å². The molecule has 0 aliphatic rings. The molecule has 0 aromatic rings. The summed E-state index contributed by atoms with van der Waals surface area (Å²) in [7, 11) is 0. The summed E-state index contributed by atoms with van der Waals surface area (Å²) in [6.07, 6.45) is -1.02. The number of ether oxygens (including phenoxy) is 3. The largest absolute Gasteiger partial charge is 0.481 e. The topological polar surface area (TPSA) is 116 Å². The van der Waals surface area contributed by atoms with Crippen LogP contribution in [0.3, 0.4) is 0 Å². The number of carboxylic acids is 1. The van der Waals surface area contributed by atoms with Crippen LogP contribution < -0.4 is 0 Å². The molecule has 0 rings (SSSR count). The number of aliphatic carboxylic acids is 1. The molecular formula is C16H28O8Ti. The molecule has 0 aliphatic carbocycles. The summed E-state index contributed by atoms with van der Waals surface area (Å²) in [4.78, 5) is 43.0. The van der Waals surface area contributed by atoms with Gasteiger partial charge < -0.3 is 19.3 Å². The van der Waals surface area contributed by atoms with Crippen molar-refractivity contribution < 1.29 is 60.2 Å². The molecule has 1 N–H and O–H groups in total. The zero-order valence-corrected chi connectivity index (χ0v) is 17.4. The van der Waals surface area contributed by atoms with Crippen molar-refractivity contribution >= 4 is 23.5 Å². The van der Waals surface area contributed by atoms with E-state index in [9.17, 15) is 19.2 Å². The van der Waals surface area contributed by atoms with Gasteiger partial charge in [0.2, 0.25) is 5.78 Å². The maximum absolute atomic E-state index is 11.9. The predicted octanol–water partition coefficient (Wildman–Crippen LogP) is 1.73. The smallest absolute Gasteiger partial charge is 0.375 e. The summed E-state index contributed by atoms with van der Waals surface area (Å²) >= 11 is 0. The molecule has 0 heterocycles. The predicted molar refractivity (Wildman–Crippen MR) is 85.4 cm³/mol. The van der Waals surface area contributed by atoms with Crippen LogP contribution in [0.1, 0.15) is 54.9 Å².